The van der Waals surface area contributed by atoms with E-state index in [-0.39, 0.29) is 6.61 Å². The second-order valence-electron chi connectivity index (χ2n) is 4.19. The first kappa shape index (κ1) is 11.1. The summed E-state index contributed by atoms with van der Waals surface area (Å²) in [4.78, 5) is 4.44. The maximum absolute atomic E-state index is 10.3. The van der Waals surface area contributed by atoms with E-state index in [9.17, 15) is 5.11 Å². The van der Waals surface area contributed by atoms with Crippen LogP contribution in [0.5, 0.6) is 0 Å². The zero-order valence-corrected chi connectivity index (χ0v) is 9.77. The number of rotatable bonds is 3. The highest BCUT2D eigenvalue weighted by Gasteiger charge is 2.28. The highest BCUT2D eigenvalue weighted by molar-refractivity contribution is 5.75. The summed E-state index contributed by atoms with van der Waals surface area (Å²) in [5.74, 6) is 0.621. The number of aromatic nitrogens is 2. The van der Waals surface area contributed by atoms with Gasteiger partial charge in [-0.05, 0) is 19.1 Å². The molecule has 0 radical (unpaired) electrons. The third-order valence-corrected chi connectivity index (χ3v) is 2.69. The lowest BCUT2D eigenvalue weighted by molar-refractivity contribution is -0.0288. The number of aryl methyl sites for hydroxylation is 1. The Morgan fingerprint density at radius 2 is 2.12 bits per heavy atom. The molecule has 2 rings (SSSR count). The second-order valence-corrected chi connectivity index (χ2v) is 4.19. The third kappa shape index (κ3) is 1.70. The van der Waals surface area contributed by atoms with E-state index >= 15 is 0 Å². The van der Waals surface area contributed by atoms with Crippen LogP contribution in [0.2, 0.25) is 0 Å². The van der Waals surface area contributed by atoms with Gasteiger partial charge in [0, 0.05) is 14.2 Å². The highest BCUT2D eigenvalue weighted by atomic mass is 16.5. The van der Waals surface area contributed by atoms with Gasteiger partial charge in [0.05, 0.1) is 17.6 Å². The van der Waals surface area contributed by atoms with Crippen molar-refractivity contribution in [1.29, 1.82) is 0 Å². The van der Waals surface area contributed by atoms with Crippen LogP contribution in [-0.4, -0.2) is 28.4 Å². The molecule has 0 spiro atoms. The minimum atomic E-state index is -1.07. The van der Waals surface area contributed by atoms with Crippen LogP contribution in [0.25, 0.3) is 11.0 Å². The second kappa shape index (κ2) is 3.88. The normalized spacial score (nSPS) is 15.2. The lowest BCUT2D eigenvalue weighted by Gasteiger charge is -2.21. The molecule has 1 heterocycles. The van der Waals surface area contributed by atoms with Gasteiger partial charge in [-0.25, -0.2) is 4.98 Å². The standard InChI is InChI=1S/C12H16N2O2/c1-12(15,8-16-3)11-13-9-6-4-5-7-10(9)14(11)2/h4-7,15H,8H2,1-3H3. The van der Waals surface area contributed by atoms with E-state index in [2.05, 4.69) is 4.98 Å². The molecule has 1 unspecified atom stereocenters. The van der Waals surface area contributed by atoms with Crippen LogP contribution in [0.3, 0.4) is 0 Å². The summed E-state index contributed by atoms with van der Waals surface area (Å²) < 4.78 is 6.91. The lowest BCUT2D eigenvalue weighted by Crippen LogP contribution is -2.30. The fourth-order valence-corrected chi connectivity index (χ4v) is 1.97. The molecule has 4 heteroatoms. The Labute approximate surface area is 94.5 Å². The molecular weight excluding hydrogens is 204 g/mol. The Hall–Kier alpha value is -1.39. The first-order valence-corrected chi connectivity index (χ1v) is 5.19. The molecule has 1 aromatic heterocycles. The van der Waals surface area contributed by atoms with Gasteiger partial charge in [0.2, 0.25) is 0 Å². The van der Waals surface area contributed by atoms with Crippen molar-refractivity contribution in [2.24, 2.45) is 7.05 Å². The quantitative estimate of drug-likeness (QED) is 0.851. The van der Waals surface area contributed by atoms with Crippen molar-refractivity contribution in [3.8, 4) is 0 Å². The number of imidazole rings is 1. The molecule has 2 aromatic rings. The van der Waals surface area contributed by atoms with Gasteiger partial charge >= 0.3 is 0 Å². The first-order valence-electron chi connectivity index (χ1n) is 5.19. The summed E-state index contributed by atoms with van der Waals surface area (Å²) in [6, 6.07) is 7.80. The van der Waals surface area contributed by atoms with Gasteiger partial charge in [0.15, 0.2) is 0 Å². The Kier molecular flexibility index (Phi) is 2.69. The van der Waals surface area contributed by atoms with Gasteiger partial charge in [-0.15, -0.1) is 0 Å². The maximum Gasteiger partial charge on any atom is 0.143 e. The summed E-state index contributed by atoms with van der Waals surface area (Å²) in [7, 11) is 3.46. The van der Waals surface area contributed by atoms with Crippen molar-refractivity contribution < 1.29 is 9.84 Å². The monoisotopic (exact) mass is 220 g/mol. The zero-order chi connectivity index (χ0) is 11.8. The van der Waals surface area contributed by atoms with E-state index in [1.54, 1.807) is 14.0 Å². The lowest BCUT2D eigenvalue weighted by atomic mass is 10.1. The van der Waals surface area contributed by atoms with Crippen LogP contribution in [0.4, 0.5) is 0 Å². The number of benzene rings is 1. The SMILES string of the molecule is COCC(C)(O)c1nc2ccccc2n1C. The molecule has 0 saturated heterocycles. The number of aliphatic hydroxyl groups is 1. The molecule has 0 saturated carbocycles. The topological polar surface area (TPSA) is 47.3 Å². The van der Waals surface area contributed by atoms with Crippen molar-refractivity contribution in [3.05, 3.63) is 30.1 Å². The summed E-state index contributed by atoms with van der Waals surface area (Å²) in [6.45, 7) is 1.93. The van der Waals surface area contributed by atoms with Crippen LogP contribution < -0.4 is 0 Å². The molecule has 1 N–H and O–H groups in total. The van der Waals surface area contributed by atoms with E-state index in [1.807, 2.05) is 35.9 Å². The minimum absolute atomic E-state index is 0.226. The van der Waals surface area contributed by atoms with E-state index < -0.39 is 5.60 Å². The number of para-hydroxylation sites is 2. The van der Waals surface area contributed by atoms with Crippen LogP contribution in [0.15, 0.2) is 24.3 Å². The van der Waals surface area contributed by atoms with Crippen LogP contribution in [0, 0.1) is 0 Å². The molecule has 4 nitrogen and oxygen atoms in total. The predicted molar refractivity (Wildman–Crippen MR) is 62.2 cm³/mol. The van der Waals surface area contributed by atoms with E-state index in [1.165, 1.54) is 0 Å². The molecule has 1 aromatic carbocycles. The predicted octanol–water partition coefficient (Wildman–Crippen LogP) is 1.43. The Morgan fingerprint density at radius 1 is 1.44 bits per heavy atom. The van der Waals surface area contributed by atoms with Gasteiger partial charge in [0.25, 0.3) is 0 Å². The van der Waals surface area contributed by atoms with E-state index in [0.29, 0.717) is 5.82 Å². The molecule has 0 bridgehead atoms. The third-order valence-electron chi connectivity index (χ3n) is 2.69. The smallest absolute Gasteiger partial charge is 0.143 e. The highest BCUT2D eigenvalue weighted by Crippen LogP contribution is 2.23. The van der Waals surface area contributed by atoms with Crippen LogP contribution >= 0.6 is 0 Å². The van der Waals surface area contributed by atoms with Gasteiger partial charge in [-0.1, -0.05) is 12.1 Å². The fraction of sp³-hybridized carbons (Fsp3) is 0.417. The molecule has 0 amide bonds. The molecule has 0 aliphatic rings. The van der Waals surface area contributed by atoms with Gasteiger partial charge in [0.1, 0.15) is 11.4 Å². The summed E-state index contributed by atoms with van der Waals surface area (Å²) in [6.07, 6.45) is 0. The van der Waals surface area contributed by atoms with Gasteiger partial charge in [-0.3, -0.25) is 0 Å². The molecule has 0 fully saturated rings. The number of hydrogen-bond donors (Lipinski definition) is 1. The zero-order valence-electron chi connectivity index (χ0n) is 9.77. The van der Waals surface area contributed by atoms with Crippen molar-refractivity contribution in [2.75, 3.05) is 13.7 Å². The minimum Gasteiger partial charge on any atom is -0.381 e. The van der Waals surface area contributed by atoms with Gasteiger partial charge < -0.3 is 14.4 Å². The molecule has 16 heavy (non-hydrogen) atoms. The molecule has 0 aliphatic heterocycles. The number of methoxy groups -OCH3 is 1. The Bertz CT molecular complexity index is 503. The Morgan fingerprint density at radius 3 is 2.75 bits per heavy atom. The van der Waals surface area contributed by atoms with E-state index in [4.69, 9.17) is 4.74 Å². The molecule has 1 atom stereocenters. The number of nitrogens with zero attached hydrogens (tertiary/aromatic N) is 2. The summed E-state index contributed by atoms with van der Waals surface area (Å²) >= 11 is 0. The largest absolute Gasteiger partial charge is 0.381 e. The van der Waals surface area contributed by atoms with Crippen molar-refractivity contribution in [3.63, 3.8) is 0 Å². The fourth-order valence-electron chi connectivity index (χ4n) is 1.97. The first-order chi connectivity index (χ1) is 7.56. The average molecular weight is 220 g/mol. The number of fused-ring (bicyclic) bond motifs is 1. The van der Waals surface area contributed by atoms with Crippen molar-refractivity contribution in [2.45, 2.75) is 12.5 Å². The number of ether oxygens (including phenoxy) is 1. The van der Waals surface area contributed by atoms with Crippen molar-refractivity contribution >= 4 is 11.0 Å². The maximum atomic E-state index is 10.3. The average Bonchev–Trinajstić information content (AvgIpc) is 2.58. The van der Waals surface area contributed by atoms with Crippen LogP contribution in [-0.2, 0) is 17.4 Å². The van der Waals surface area contributed by atoms with Gasteiger partial charge in [-0.2, -0.15) is 0 Å². The van der Waals surface area contributed by atoms with E-state index in [0.717, 1.165) is 11.0 Å². The van der Waals surface area contributed by atoms with Crippen LogP contribution in [0.1, 0.15) is 12.7 Å². The Balaban J connectivity index is 2.57. The van der Waals surface area contributed by atoms with Crippen molar-refractivity contribution in [1.82, 2.24) is 9.55 Å². The number of hydrogen-bond acceptors (Lipinski definition) is 3. The molecule has 86 valence electrons. The molecular formula is C12H16N2O2. The summed E-state index contributed by atoms with van der Waals surface area (Å²) in [5, 5.41) is 10.3. The summed E-state index contributed by atoms with van der Waals surface area (Å²) in [5.41, 5.74) is 0.827. The molecule has 0 aliphatic carbocycles.